The van der Waals surface area contributed by atoms with E-state index in [1.54, 1.807) is 25.5 Å². The summed E-state index contributed by atoms with van der Waals surface area (Å²) < 4.78 is 10.5. The SMILES string of the molecule is COc1ccc(C2=NO[C@H](c3ccco3)[C@@H]2C(C)=O)cc1. The number of nitrogens with zero attached hydrogens (tertiary/aromatic N) is 1. The molecule has 0 fully saturated rings. The van der Waals surface area contributed by atoms with Gasteiger partial charge in [-0.3, -0.25) is 4.79 Å². The van der Waals surface area contributed by atoms with E-state index < -0.39 is 12.0 Å². The highest BCUT2D eigenvalue weighted by Gasteiger charge is 2.41. The number of Topliss-reactive ketones (excluding diaryl/α,β-unsaturated/α-hetero) is 1. The summed E-state index contributed by atoms with van der Waals surface area (Å²) >= 11 is 0. The van der Waals surface area contributed by atoms with Crippen LogP contribution in [0.2, 0.25) is 0 Å². The number of ketones is 1. The molecule has 1 aromatic carbocycles. The lowest BCUT2D eigenvalue weighted by molar-refractivity contribution is -0.122. The summed E-state index contributed by atoms with van der Waals surface area (Å²) in [7, 11) is 1.61. The third-order valence-electron chi connectivity index (χ3n) is 3.51. The van der Waals surface area contributed by atoms with Gasteiger partial charge in [0.25, 0.3) is 0 Å². The lowest BCUT2D eigenvalue weighted by Crippen LogP contribution is -2.25. The normalized spacial score (nSPS) is 20.8. The molecule has 2 atom stereocenters. The third kappa shape index (κ3) is 2.42. The number of rotatable bonds is 4. The smallest absolute Gasteiger partial charge is 0.200 e. The van der Waals surface area contributed by atoms with Crippen molar-refractivity contribution in [3.05, 3.63) is 54.0 Å². The van der Waals surface area contributed by atoms with Gasteiger partial charge in [-0.1, -0.05) is 5.16 Å². The van der Waals surface area contributed by atoms with Crippen LogP contribution in [-0.2, 0) is 9.63 Å². The molecule has 0 unspecified atom stereocenters. The highest BCUT2D eigenvalue weighted by atomic mass is 16.6. The van der Waals surface area contributed by atoms with E-state index in [-0.39, 0.29) is 5.78 Å². The van der Waals surface area contributed by atoms with Crippen LogP contribution in [0.4, 0.5) is 0 Å². The Morgan fingerprint density at radius 3 is 2.57 bits per heavy atom. The average molecular weight is 285 g/mol. The molecule has 0 saturated heterocycles. The molecule has 0 aliphatic carbocycles. The number of methoxy groups -OCH3 is 1. The minimum atomic E-state index is -0.505. The number of hydrogen-bond acceptors (Lipinski definition) is 5. The van der Waals surface area contributed by atoms with E-state index in [2.05, 4.69) is 5.16 Å². The Labute approximate surface area is 122 Å². The quantitative estimate of drug-likeness (QED) is 0.866. The van der Waals surface area contributed by atoms with Crippen LogP contribution in [-0.4, -0.2) is 18.6 Å². The van der Waals surface area contributed by atoms with E-state index in [1.165, 1.54) is 6.92 Å². The van der Waals surface area contributed by atoms with Crippen molar-refractivity contribution in [2.24, 2.45) is 11.1 Å². The van der Waals surface area contributed by atoms with Crippen molar-refractivity contribution >= 4 is 11.5 Å². The monoisotopic (exact) mass is 285 g/mol. The standard InChI is InChI=1S/C16H15NO4/c1-10(18)14-15(11-5-7-12(19-2)8-6-11)17-21-16(14)13-4-3-9-20-13/h3-9,14,16H,1-2H3/t14-,16-/m1/s1. The molecule has 0 saturated carbocycles. The second kappa shape index (κ2) is 5.44. The molecule has 5 heteroatoms. The molecule has 3 rings (SSSR count). The van der Waals surface area contributed by atoms with Crippen LogP contribution in [0.1, 0.15) is 24.4 Å². The fourth-order valence-corrected chi connectivity index (χ4v) is 2.44. The highest BCUT2D eigenvalue weighted by molar-refractivity contribution is 6.14. The molecule has 1 aliphatic rings. The molecule has 0 amide bonds. The van der Waals surface area contributed by atoms with Gasteiger partial charge in [0.15, 0.2) is 6.10 Å². The maximum atomic E-state index is 12.0. The van der Waals surface area contributed by atoms with Gasteiger partial charge in [0.05, 0.1) is 13.4 Å². The Kier molecular flexibility index (Phi) is 3.48. The summed E-state index contributed by atoms with van der Waals surface area (Å²) in [6, 6.07) is 10.9. The molecule has 0 spiro atoms. The number of carbonyl (C=O) groups is 1. The predicted molar refractivity (Wildman–Crippen MR) is 76.2 cm³/mol. The lowest BCUT2D eigenvalue weighted by atomic mass is 9.88. The Morgan fingerprint density at radius 2 is 2.00 bits per heavy atom. The summed E-state index contributed by atoms with van der Waals surface area (Å²) in [6.07, 6.45) is 1.05. The molecule has 2 aromatic rings. The van der Waals surface area contributed by atoms with Gasteiger partial charge in [-0.15, -0.1) is 0 Å². The molecule has 1 aromatic heterocycles. The largest absolute Gasteiger partial charge is 0.497 e. The fraction of sp³-hybridized carbons (Fsp3) is 0.250. The van der Waals surface area contributed by atoms with Crippen molar-refractivity contribution in [2.75, 3.05) is 7.11 Å². The first-order chi connectivity index (χ1) is 10.2. The molecule has 1 aliphatic heterocycles. The van der Waals surface area contributed by atoms with Crippen LogP contribution in [0, 0.1) is 5.92 Å². The maximum Gasteiger partial charge on any atom is 0.200 e. The van der Waals surface area contributed by atoms with Gasteiger partial charge >= 0.3 is 0 Å². The maximum absolute atomic E-state index is 12.0. The van der Waals surface area contributed by atoms with Crippen molar-refractivity contribution in [1.82, 2.24) is 0 Å². The second-order valence-electron chi connectivity index (χ2n) is 4.83. The number of ether oxygens (including phenoxy) is 1. The Bertz CT molecular complexity index is 658. The van der Waals surface area contributed by atoms with Crippen LogP contribution in [0.5, 0.6) is 5.75 Å². The van der Waals surface area contributed by atoms with E-state index >= 15 is 0 Å². The Balaban J connectivity index is 1.92. The van der Waals surface area contributed by atoms with Crippen LogP contribution >= 0.6 is 0 Å². The Hall–Kier alpha value is -2.56. The van der Waals surface area contributed by atoms with Gasteiger partial charge in [0.2, 0.25) is 0 Å². The minimum absolute atomic E-state index is 0.0107. The number of carbonyl (C=O) groups excluding carboxylic acids is 1. The summed E-state index contributed by atoms with van der Waals surface area (Å²) in [5, 5.41) is 4.10. The molecule has 5 nitrogen and oxygen atoms in total. The zero-order valence-electron chi connectivity index (χ0n) is 11.8. The van der Waals surface area contributed by atoms with Crippen molar-refractivity contribution < 1.29 is 18.8 Å². The topological polar surface area (TPSA) is 61.0 Å². The van der Waals surface area contributed by atoms with Crippen molar-refractivity contribution in [1.29, 1.82) is 0 Å². The first-order valence-corrected chi connectivity index (χ1v) is 6.62. The van der Waals surface area contributed by atoms with Gasteiger partial charge in [-0.05, 0) is 43.3 Å². The van der Waals surface area contributed by atoms with Crippen LogP contribution in [0.15, 0.2) is 52.2 Å². The zero-order valence-corrected chi connectivity index (χ0v) is 11.8. The van der Waals surface area contributed by atoms with Crippen LogP contribution in [0.25, 0.3) is 0 Å². The van der Waals surface area contributed by atoms with Gasteiger partial charge in [-0.25, -0.2) is 0 Å². The summed E-state index contributed by atoms with van der Waals surface area (Å²) in [4.78, 5) is 17.5. The average Bonchev–Trinajstić information content (AvgIpc) is 3.16. The Morgan fingerprint density at radius 1 is 1.24 bits per heavy atom. The minimum Gasteiger partial charge on any atom is -0.497 e. The first kappa shape index (κ1) is 13.4. The molecule has 0 radical (unpaired) electrons. The second-order valence-corrected chi connectivity index (χ2v) is 4.83. The molecule has 0 N–H and O–H groups in total. The van der Waals surface area contributed by atoms with Crippen molar-refractivity contribution in [3.8, 4) is 5.75 Å². The van der Waals surface area contributed by atoms with E-state index in [0.29, 0.717) is 11.5 Å². The molecule has 21 heavy (non-hydrogen) atoms. The highest BCUT2D eigenvalue weighted by Crippen LogP contribution is 2.36. The van der Waals surface area contributed by atoms with E-state index in [1.807, 2.05) is 24.3 Å². The van der Waals surface area contributed by atoms with Gasteiger partial charge < -0.3 is 14.0 Å². The lowest BCUT2D eigenvalue weighted by Gasteiger charge is -2.14. The van der Waals surface area contributed by atoms with Gasteiger partial charge in [-0.2, -0.15) is 0 Å². The number of benzene rings is 1. The molecule has 2 heterocycles. The van der Waals surface area contributed by atoms with Crippen LogP contribution in [0.3, 0.4) is 0 Å². The summed E-state index contributed by atoms with van der Waals surface area (Å²) in [5.41, 5.74) is 1.46. The predicted octanol–water partition coefficient (Wildman–Crippen LogP) is 2.97. The third-order valence-corrected chi connectivity index (χ3v) is 3.51. The summed E-state index contributed by atoms with van der Waals surface area (Å²) in [6.45, 7) is 1.54. The molecule has 0 bridgehead atoms. The summed E-state index contributed by atoms with van der Waals surface area (Å²) in [5.74, 6) is 0.871. The number of oxime groups is 1. The van der Waals surface area contributed by atoms with Crippen molar-refractivity contribution in [3.63, 3.8) is 0 Å². The van der Waals surface area contributed by atoms with E-state index in [4.69, 9.17) is 14.0 Å². The molecular formula is C16H15NO4. The van der Waals surface area contributed by atoms with Crippen molar-refractivity contribution in [2.45, 2.75) is 13.0 Å². The van der Waals surface area contributed by atoms with Gasteiger partial charge in [0, 0.05) is 5.56 Å². The number of hydrogen-bond donors (Lipinski definition) is 0. The number of furan rings is 1. The first-order valence-electron chi connectivity index (χ1n) is 6.62. The van der Waals surface area contributed by atoms with E-state index in [0.717, 1.165) is 11.3 Å². The fourth-order valence-electron chi connectivity index (χ4n) is 2.44. The molecule has 108 valence electrons. The van der Waals surface area contributed by atoms with E-state index in [9.17, 15) is 4.79 Å². The molecular weight excluding hydrogens is 270 g/mol. The van der Waals surface area contributed by atoms with Crippen LogP contribution < -0.4 is 4.74 Å². The van der Waals surface area contributed by atoms with Gasteiger partial charge in [0.1, 0.15) is 28.9 Å². The zero-order chi connectivity index (χ0) is 14.8.